The Hall–Kier alpha value is -2.57. The van der Waals surface area contributed by atoms with Gasteiger partial charge in [-0.2, -0.15) is 0 Å². The number of hydrogen-bond acceptors (Lipinski definition) is 5. The third-order valence-electron chi connectivity index (χ3n) is 2.90. The van der Waals surface area contributed by atoms with Gasteiger partial charge in [0.25, 0.3) is 0 Å². The summed E-state index contributed by atoms with van der Waals surface area (Å²) in [6.45, 7) is 4.12. The molecule has 110 valence electrons. The lowest BCUT2D eigenvalue weighted by Crippen LogP contribution is -2.09. The second kappa shape index (κ2) is 6.25. The van der Waals surface area contributed by atoms with Crippen LogP contribution in [0.2, 0.25) is 0 Å². The fraction of sp³-hybridized carbons (Fsp3) is 0.286. The summed E-state index contributed by atoms with van der Waals surface area (Å²) in [6.07, 6.45) is 0.856. The van der Waals surface area contributed by atoms with E-state index in [0.717, 1.165) is 6.42 Å². The summed E-state index contributed by atoms with van der Waals surface area (Å²) >= 11 is 0. The molecule has 0 bridgehead atoms. The molecule has 1 heterocycles. The Morgan fingerprint density at radius 1 is 1.33 bits per heavy atom. The molecule has 0 aliphatic heterocycles. The van der Waals surface area contributed by atoms with Gasteiger partial charge in [-0.15, -0.1) is 0 Å². The predicted octanol–water partition coefficient (Wildman–Crippen LogP) is 3.32. The van der Waals surface area contributed by atoms with Crippen LogP contribution in [0, 0.1) is 22.9 Å². The Balaban J connectivity index is 2.63. The Kier molecular flexibility index (Phi) is 4.42. The average Bonchev–Trinajstić information content (AvgIpc) is 2.44. The summed E-state index contributed by atoms with van der Waals surface area (Å²) in [7, 11) is 0. The SMILES string of the molecule is CCCNc1nc(C)c([N+](=O)[O-])c(-c2ccccc2F)n1. The topological polar surface area (TPSA) is 81.0 Å². The number of nitrogens with one attached hydrogen (secondary N) is 1. The van der Waals surface area contributed by atoms with E-state index in [-0.39, 0.29) is 28.6 Å². The van der Waals surface area contributed by atoms with Gasteiger partial charge < -0.3 is 5.32 Å². The van der Waals surface area contributed by atoms with Gasteiger partial charge in [-0.1, -0.05) is 19.1 Å². The number of benzene rings is 1. The third kappa shape index (κ3) is 3.13. The number of aryl methyl sites for hydroxylation is 1. The molecular formula is C14H15FN4O2. The maximum absolute atomic E-state index is 13.9. The highest BCUT2D eigenvalue weighted by molar-refractivity contribution is 5.72. The van der Waals surface area contributed by atoms with Gasteiger partial charge in [-0.05, 0) is 25.5 Å². The Morgan fingerprint density at radius 2 is 2.05 bits per heavy atom. The molecule has 0 atom stereocenters. The van der Waals surface area contributed by atoms with Crippen LogP contribution in [-0.2, 0) is 0 Å². The van der Waals surface area contributed by atoms with Gasteiger partial charge in [0.15, 0.2) is 5.69 Å². The number of anilines is 1. The predicted molar refractivity (Wildman–Crippen MR) is 77.6 cm³/mol. The van der Waals surface area contributed by atoms with E-state index in [1.165, 1.54) is 25.1 Å². The summed E-state index contributed by atoms with van der Waals surface area (Å²) in [5.74, 6) is -0.293. The van der Waals surface area contributed by atoms with Gasteiger partial charge in [-0.3, -0.25) is 10.1 Å². The van der Waals surface area contributed by atoms with Crippen LogP contribution in [0.1, 0.15) is 19.0 Å². The molecule has 0 saturated carbocycles. The van der Waals surface area contributed by atoms with Crippen molar-refractivity contribution in [3.05, 3.63) is 45.9 Å². The fourth-order valence-corrected chi connectivity index (χ4v) is 1.94. The van der Waals surface area contributed by atoms with Crippen molar-refractivity contribution in [1.29, 1.82) is 0 Å². The first kappa shape index (κ1) is 14.8. The molecule has 0 aliphatic rings. The molecule has 1 aromatic carbocycles. The highest BCUT2D eigenvalue weighted by atomic mass is 19.1. The van der Waals surface area contributed by atoms with Crippen LogP contribution < -0.4 is 5.32 Å². The molecule has 0 spiro atoms. The highest BCUT2D eigenvalue weighted by Gasteiger charge is 2.24. The van der Waals surface area contributed by atoms with Gasteiger partial charge >= 0.3 is 5.69 Å². The second-order valence-electron chi connectivity index (χ2n) is 4.49. The smallest absolute Gasteiger partial charge is 0.316 e. The number of hydrogen-bond donors (Lipinski definition) is 1. The highest BCUT2D eigenvalue weighted by Crippen LogP contribution is 2.32. The van der Waals surface area contributed by atoms with Gasteiger partial charge in [0, 0.05) is 12.1 Å². The molecule has 1 N–H and O–H groups in total. The summed E-state index contributed by atoms with van der Waals surface area (Å²) in [5, 5.41) is 14.2. The minimum Gasteiger partial charge on any atom is -0.354 e. The lowest BCUT2D eigenvalue weighted by atomic mass is 10.1. The largest absolute Gasteiger partial charge is 0.354 e. The van der Waals surface area contributed by atoms with Crippen molar-refractivity contribution >= 4 is 11.6 Å². The van der Waals surface area contributed by atoms with Crippen molar-refractivity contribution in [3.63, 3.8) is 0 Å². The lowest BCUT2D eigenvalue weighted by Gasteiger charge is -2.09. The molecule has 6 nitrogen and oxygen atoms in total. The average molecular weight is 290 g/mol. The van der Waals surface area contributed by atoms with E-state index in [0.29, 0.717) is 6.54 Å². The molecule has 21 heavy (non-hydrogen) atoms. The zero-order valence-electron chi connectivity index (χ0n) is 11.8. The number of aromatic nitrogens is 2. The summed E-state index contributed by atoms with van der Waals surface area (Å²) in [4.78, 5) is 18.8. The minimum absolute atomic E-state index is 0.01000. The van der Waals surface area contributed by atoms with Crippen LogP contribution in [0.25, 0.3) is 11.3 Å². The monoisotopic (exact) mass is 290 g/mol. The normalized spacial score (nSPS) is 10.4. The van der Waals surface area contributed by atoms with E-state index in [1.54, 1.807) is 6.07 Å². The lowest BCUT2D eigenvalue weighted by molar-refractivity contribution is -0.385. The zero-order chi connectivity index (χ0) is 15.4. The van der Waals surface area contributed by atoms with Crippen LogP contribution in [-0.4, -0.2) is 21.4 Å². The minimum atomic E-state index is -0.583. The van der Waals surface area contributed by atoms with E-state index >= 15 is 0 Å². The van der Waals surface area contributed by atoms with Gasteiger partial charge in [0.05, 0.1) is 4.92 Å². The zero-order valence-corrected chi connectivity index (χ0v) is 11.8. The number of halogens is 1. The first-order chi connectivity index (χ1) is 10.0. The van der Waals surface area contributed by atoms with Gasteiger partial charge in [0.2, 0.25) is 5.95 Å². The molecule has 0 radical (unpaired) electrons. The molecule has 0 aliphatic carbocycles. The number of nitrogens with zero attached hydrogens (tertiary/aromatic N) is 3. The number of rotatable bonds is 5. The Labute approximate surface area is 121 Å². The van der Waals surface area contributed by atoms with E-state index < -0.39 is 10.7 Å². The first-order valence-corrected chi connectivity index (χ1v) is 6.56. The van der Waals surface area contributed by atoms with E-state index in [9.17, 15) is 14.5 Å². The molecule has 2 rings (SSSR count). The summed E-state index contributed by atoms with van der Waals surface area (Å²) < 4.78 is 13.9. The standard InChI is InChI=1S/C14H15FN4O2/c1-3-8-16-14-17-9(2)13(19(20)21)12(18-14)10-6-4-5-7-11(10)15/h4-7H,3,8H2,1-2H3,(H,16,17,18). The van der Waals surface area contributed by atoms with Crippen LogP contribution in [0.5, 0.6) is 0 Å². The quantitative estimate of drug-likeness (QED) is 0.674. The fourth-order valence-electron chi connectivity index (χ4n) is 1.94. The van der Waals surface area contributed by atoms with Crippen molar-refractivity contribution < 1.29 is 9.31 Å². The third-order valence-corrected chi connectivity index (χ3v) is 2.90. The molecule has 0 fully saturated rings. The molecular weight excluding hydrogens is 275 g/mol. The molecule has 1 aromatic heterocycles. The van der Waals surface area contributed by atoms with E-state index in [1.807, 2.05) is 6.92 Å². The van der Waals surface area contributed by atoms with Gasteiger partial charge in [-0.25, -0.2) is 14.4 Å². The van der Waals surface area contributed by atoms with Crippen LogP contribution in [0.15, 0.2) is 24.3 Å². The molecule has 7 heteroatoms. The molecule has 0 amide bonds. The van der Waals surface area contributed by atoms with Crippen LogP contribution >= 0.6 is 0 Å². The van der Waals surface area contributed by atoms with Crippen molar-refractivity contribution in [2.45, 2.75) is 20.3 Å². The van der Waals surface area contributed by atoms with Gasteiger partial charge in [0.1, 0.15) is 11.5 Å². The maximum Gasteiger partial charge on any atom is 0.316 e. The maximum atomic E-state index is 13.9. The van der Waals surface area contributed by atoms with E-state index in [4.69, 9.17) is 0 Å². The summed E-state index contributed by atoms with van der Waals surface area (Å²) in [6, 6.07) is 5.84. The molecule has 0 unspecified atom stereocenters. The van der Waals surface area contributed by atoms with Crippen LogP contribution in [0.3, 0.4) is 0 Å². The van der Waals surface area contributed by atoms with Crippen molar-refractivity contribution in [3.8, 4) is 11.3 Å². The van der Waals surface area contributed by atoms with Crippen molar-refractivity contribution in [2.24, 2.45) is 0 Å². The van der Waals surface area contributed by atoms with E-state index in [2.05, 4.69) is 15.3 Å². The Bertz CT molecular complexity index is 676. The Morgan fingerprint density at radius 3 is 2.67 bits per heavy atom. The number of nitro groups is 1. The first-order valence-electron chi connectivity index (χ1n) is 6.56. The molecule has 2 aromatic rings. The van der Waals surface area contributed by atoms with Crippen LogP contribution in [0.4, 0.5) is 16.0 Å². The summed E-state index contributed by atoms with van der Waals surface area (Å²) in [5.41, 5.74) is 0.00690. The second-order valence-corrected chi connectivity index (χ2v) is 4.49. The van der Waals surface area contributed by atoms with Crippen molar-refractivity contribution in [1.82, 2.24) is 9.97 Å². The van der Waals surface area contributed by atoms with Crippen molar-refractivity contribution in [2.75, 3.05) is 11.9 Å². The molecule has 0 saturated heterocycles.